The first-order valence-electron chi connectivity index (χ1n) is 8.95. The van der Waals surface area contributed by atoms with Crippen LogP contribution < -0.4 is 0 Å². The summed E-state index contributed by atoms with van der Waals surface area (Å²) in [6, 6.07) is 12.6. The third kappa shape index (κ3) is 4.70. The number of halogens is 2. The zero-order valence-corrected chi connectivity index (χ0v) is 15.4. The Balaban J connectivity index is 1.70. The van der Waals surface area contributed by atoms with E-state index in [1.807, 2.05) is 13.8 Å². The van der Waals surface area contributed by atoms with Crippen molar-refractivity contribution in [3.8, 4) is 0 Å². The van der Waals surface area contributed by atoms with E-state index >= 15 is 0 Å². The van der Waals surface area contributed by atoms with Crippen LogP contribution in [0.25, 0.3) is 0 Å². The van der Waals surface area contributed by atoms with Crippen LogP contribution in [0.1, 0.15) is 31.4 Å². The Labute approximate surface area is 157 Å². The molecule has 0 N–H and O–H groups in total. The SMILES string of the molecule is CC(C)C(=O)N(Cc1cccc(F)c1)C[C@@H]1CC(c2ccccc2F)=NO1. The van der Waals surface area contributed by atoms with E-state index < -0.39 is 0 Å². The van der Waals surface area contributed by atoms with Crippen LogP contribution in [-0.4, -0.2) is 29.2 Å². The molecule has 4 nitrogen and oxygen atoms in total. The average molecular weight is 372 g/mol. The van der Waals surface area contributed by atoms with Crippen molar-refractivity contribution in [2.75, 3.05) is 6.54 Å². The van der Waals surface area contributed by atoms with Gasteiger partial charge in [-0.15, -0.1) is 0 Å². The van der Waals surface area contributed by atoms with Gasteiger partial charge in [0.25, 0.3) is 0 Å². The summed E-state index contributed by atoms with van der Waals surface area (Å²) in [6.07, 6.45) is 0.0438. The molecule has 0 spiro atoms. The van der Waals surface area contributed by atoms with E-state index in [2.05, 4.69) is 5.16 Å². The third-order valence-corrected chi connectivity index (χ3v) is 4.41. The Bertz CT molecular complexity index is 852. The lowest BCUT2D eigenvalue weighted by atomic mass is 10.0. The van der Waals surface area contributed by atoms with Gasteiger partial charge in [-0.3, -0.25) is 4.79 Å². The highest BCUT2D eigenvalue weighted by atomic mass is 19.1. The van der Waals surface area contributed by atoms with E-state index in [4.69, 9.17) is 4.84 Å². The van der Waals surface area contributed by atoms with Crippen molar-refractivity contribution in [2.24, 2.45) is 11.1 Å². The summed E-state index contributed by atoms with van der Waals surface area (Å²) in [7, 11) is 0. The quantitative estimate of drug-likeness (QED) is 0.765. The van der Waals surface area contributed by atoms with E-state index in [0.29, 0.717) is 29.8 Å². The highest BCUT2D eigenvalue weighted by molar-refractivity contribution is 6.01. The highest BCUT2D eigenvalue weighted by Crippen LogP contribution is 2.21. The van der Waals surface area contributed by atoms with Crippen molar-refractivity contribution in [1.29, 1.82) is 0 Å². The van der Waals surface area contributed by atoms with Crippen molar-refractivity contribution in [3.05, 3.63) is 71.3 Å². The lowest BCUT2D eigenvalue weighted by Crippen LogP contribution is -2.39. The van der Waals surface area contributed by atoms with Crippen LogP contribution >= 0.6 is 0 Å². The Kier molecular flexibility index (Phi) is 5.84. The molecule has 0 saturated carbocycles. The molecule has 0 bridgehead atoms. The van der Waals surface area contributed by atoms with Crippen LogP contribution in [0.5, 0.6) is 0 Å². The number of amides is 1. The molecule has 1 heterocycles. The van der Waals surface area contributed by atoms with Crippen LogP contribution in [0.3, 0.4) is 0 Å². The zero-order chi connectivity index (χ0) is 19.4. The molecule has 0 saturated heterocycles. The third-order valence-electron chi connectivity index (χ3n) is 4.41. The van der Waals surface area contributed by atoms with Gasteiger partial charge in [-0.2, -0.15) is 0 Å². The van der Waals surface area contributed by atoms with E-state index in [9.17, 15) is 13.6 Å². The van der Waals surface area contributed by atoms with E-state index in [-0.39, 0.29) is 36.1 Å². The normalized spacial score (nSPS) is 16.2. The molecule has 1 aliphatic heterocycles. The molecule has 27 heavy (non-hydrogen) atoms. The Morgan fingerprint density at radius 1 is 1.22 bits per heavy atom. The maximum absolute atomic E-state index is 14.0. The number of hydrogen-bond acceptors (Lipinski definition) is 3. The van der Waals surface area contributed by atoms with Crippen LogP contribution in [0, 0.1) is 17.6 Å². The van der Waals surface area contributed by atoms with Crippen molar-refractivity contribution in [2.45, 2.75) is 32.9 Å². The van der Waals surface area contributed by atoms with Crippen LogP contribution in [0.15, 0.2) is 53.7 Å². The lowest BCUT2D eigenvalue weighted by molar-refractivity contribution is -0.137. The fourth-order valence-electron chi connectivity index (χ4n) is 3.08. The Hall–Kier alpha value is -2.76. The fourth-order valence-corrected chi connectivity index (χ4v) is 3.08. The maximum atomic E-state index is 14.0. The number of hydrogen-bond donors (Lipinski definition) is 0. The van der Waals surface area contributed by atoms with Gasteiger partial charge in [0.1, 0.15) is 11.6 Å². The molecule has 0 fully saturated rings. The largest absolute Gasteiger partial charge is 0.390 e. The lowest BCUT2D eigenvalue weighted by Gasteiger charge is -2.26. The van der Waals surface area contributed by atoms with Crippen LogP contribution in [-0.2, 0) is 16.2 Å². The summed E-state index contributed by atoms with van der Waals surface area (Å²) in [6.45, 7) is 4.22. The zero-order valence-electron chi connectivity index (χ0n) is 15.4. The number of carbonyl (C=O) groups excluding carboxylic acids is 1. The second-order valence-electron chi connectivity index (χ2n) is 6.95. The first kappa shape index (κ1) is 19.0. The molecule has 0 aliphatic carbocycles. The summed E-state index contributed by atoms with van der Waals surface area (Å²) in [4.78, 5) is 19.7. The van der Waals surface area contributed by atoms with Crippen molar-refractivity contribution >= 4 is 11.6 Å². The molecule has 2 aromatic carbocycles. The summed E-state index contributed by atoms with van der Waals surface area (Å²) in [5, 5.41) is 4.01. The molecule has 1 aliphatic rings. The summed E-state index contributed by atoms with van der Waals surface area (Å²) in [5.74, 6) is -0.948. The van der Waals surface area contributed by atoms with Gasteiger partial charge in [-0.25, -0.2) is 8.78 Å². The van der Waals surface area contributed by atoms with Gasteiger partial charge in [0, 0.05) is 24.4 Å². The standard InChI is InChI=1S/C21H22F2N2O2/c1-14(2)21(26)25(12-15-6-5-7-16(22)10-15)13-17-11-20(24-27-17)18-8-3-4-9-19(18)23/h3-10,14,17H,11-13H2,1-2H3/t17-/m0/s1. The number of oxime groups is 1. The van der Waals surface area contributed by atoms with E-state index in [1.165, 1.54) is 18.2 Å². The first-order chi connectivity index (χ1) is 12.9. The number of rotatable bonds is 6. The topological polar surface area (TPSA) is 41.9 Å². The van der Waals surface area contributed by atoms with Crippen molar-refractivity contribution in [3.63, 3.8) is 0 Å². The number of carbonyl (C=O) groups is 1. The average Bonchev–Trinajstić information content (AvgIpc) is 3.09. The fraction of sp³-hybridized carbons (Fsp3) is 0.333. The van der Waals surface area contributed by atoms with E-state index in [0.717, 1.165) is 0 Å². The van der Waals surface area contributed by atoms with Gasteiger partial charge in [0.15, 0.2) is 6.10 Å². The Morgan fingerprint density at radius 2 is 2.00 bits per heavy atom. The van der Waals surface area contributed by atoms with Gasteiger partial charge in [0.05, 0.1) is 12.3 Å². The minimum Gasteiger partial charge on any atom is -0.390 e. The summed E-state index contributed by atoms with van der Waals surface area (Å²) < 4.78 is 27.4. The molecule has 6 heteroatoms. The second kappa shape index (κ2) is 8.29. The van der Waals surface area contributed by atoms with Crippen molar-refractivity contribution in [1.82, 2.24) is 4.90 Å². The first-order valence-corrected chi connectivity index (χ1v) is 8.95. The summed E-state index contributed by atoms with van der Waals surface area (Å²) >= 11 is 0. The van der Waals surface area contributed by atoms with Gasteiger partial charge >= 0.3 is 0 Å². The van der Waals surface area contributed by atoms with Gasteiger partial charge in [0.2, 0.25) is 5.91 Å². The smallest absolute Gasteiger partial charge is 0.225 e. The molecular weight excluding hydrogens is 350 g/mol. The molecule has 0 unspecified atom stereocenters. The second-order valence-corrected chi connectivity index (χ2v) is 6.95. The highest BCUT2D eigenvalue weighted by Gasteiger charge is 2.28. The predicted octanol–water partition coefficient (Wildman–Crippen LogP) is 4.14. The molecule has 3 rings (SSSR count). The van der Waals surface area contributed by atoms with Gasteiger partial charge < -0.3 is 9.74 Å². The van der Waals surface area contributed by atoms with Crippen LogP contribution in [0.2, 0.25) is 0 Å². The maximum Gasteiger partial charge on any atom is 0.225 e. The van der Waals surface area contributed by atoms with Gasteiger partial charge in [-0.05, 0) is 23.8 Å². The Morgan fingerprint density at radius 3 is 2.70 bits per heavy atom. The molecule has 1 amide bonds. The number of nitrogens with zero attached hydrogens (tertiary/aromatic N) is 2. The molecule has 2 aromatic rings. The molecule has 1 atom stereocenters. The van der Waals surface area contributed by atoms with E-state index in [1.54, 1.807) is 35.2 Å². The van der Waals surface area contributed by atoms with Gasteiger partial charge in [-0.1, -0.05) is 49.3 Å². The predicted molar refractivity (Wildman–Crippen MR) is 99.1 cm³/mol. The van der Waals surface area contributed by atoms with Crippen molar-refractivity contribution < 1.29 is 18.4 Å². The minimum atomic E-state index is -0.365. The number of benzene rings is 2. The molecule has 0 aromatic heterocycles. The minimum absolute atomic E-state index is 0.0535. The monoisotopic (exact) mass is 372 g/mol. The van der Waals surface area contributed by atoms with Crippen LogP contribution in [0.4, 0.5) is 8.78 Å². The molecule has 0 radical (unpaired) electrons. The molecule has 142 valence electrons. The molecular formula is C21H22F2N2O2. The summed E-state index contributed by atoms with van der Waals surface area (Å²) in [5.41, 5.74) is 1.64.